The van der Waals surface area contributed by atoms with E-state index >= 15 is 0 Å². The minimum Gasteiger partial charge on any atom is -0.360 e. The van der Waals surface area contributed by atoms with Crippen LogP contribution in [0.3, 0.4) is 0 Å². The lowest BCUT2D eigenvalue weighted by Crippen LogP contribution is -2.34. The average Bonchev–Trinajstić information content (AvgIpc) is 3.03. The van der Waals surface area contributed by atoms with E-state index < -0.39 is 0 Å². The van der Waals surface area contributed by atoms with Crippen molar-refractivity contribution < 1.29 is 9.59 Å². The highest BCUT2D eigenvalue weighted by atomic mass is 16.2. The maximum atomic E-state index is 12.2. The summed E-state index contributed by atoms with van der Waals surface area (Å²) in [6, 6.07) is 11.0. The predicted octanol–water partition coefficient (Wildman–Crippen LogP) is 1.72. The summed E-state index contributed by atoms with van der Waals surface area (Å²) < 4.78 is 0. The molecular formula is C17H16N4O2. The summed E-state index contributed by atoms with van der Waals surface area (Å²) in [6.07, 6.45) is 4.80. The summed E-state index contributed by atoms with van der Waals surface area (Å²) in [5, 5.41) is 6.41. The number of fused-ring (bicyclic) bond motifs is 1. The Bertz CT molecular complexity index is 827. The molecule has 0 spiro atoms. The molecular weight excluding hydrogens is 292 g/mol. The number of carbonyl (C=O) groups is 2. The summed E-state index contributed by atoms with van der Waals surface area (Å²) in [5.41, 5.74) is 2.01. The Morgan fingerprint density at radius 3 is 2.57 bits per heavy atom. The molecule has 0 radical (unpaired) electrons. The number of aromatic amines is 1. The van der Waals surface area contributed by atoms with Gasteiger partial charge in [0.1, 0.15) is 0 Å². The van der Waals surface area contributed by atoms with Gasteiger partial charge in [0.15, 0.2) is 0 Å². The number of benzene rings is 1. The first kappa shape index (κ1) is 14.8. The molecule has 0 saturated heterocycles. The van der Waals surface area contributed by atoms with Crippen LogP contribution in [0.2, 0.25) is 0 Å². The van der Waals surface area contributed by atoms with Gasteiger partial charge in [-0.05, 0) is 18.2 Å². The van der Waals surface area contributed by atoms with Crippen LogP contribution in [0.25, 0.3) is 10.9 Å². The molecule has 6 heteroatoms. The second-order valence-electron chi connectivity index (χ2n) is 5.00. The van der Waals surface area contributed by atoms with Crippen molar-refractivity contribution >= 4 is 22.7 Å². The van der Waals surface area contributed by atoms with Crippen LogP contribution in [0.15, 0.2) is 55.0 Å². The Kier molecular flexibility index (Phi) is 4.33. The van der Waals surface area contributed by atoms with Crippen LogP contribution in [-0.2, 0) is 0 Å². The summed E-state index contributed by atoms with van der Waals surface area (Å²) in [6.45, 7) is 0.701. The van der Waals surface area contributed by atoms with Crippen LogP contribution >= 0.6 is 0 Å². The number of H-pyrrole nitrogens is 1. The van der Waals surface area contributed by atoms with Crippen LogP contribution < -0.4 is 10.6 Å². The fourth-order valence-electron chi connectivity index (χ4n) is 2.31. The Morgan fingerprint density at radius 2 is 1.78 bits per heavy atom. The average molecular weight is 308 g/mol. The van der Waals surface area contributed by atoms with Crippen molar-refractivity contribution in [3.05, 3.63) is 66.1 Å². The van der Waals surface area contributed by atoms with Gasteiger partial charge in [-0.15, -0.1) is 0 Å². The number of carbonyl (C=O) groups excluding carboxylic acids is 2. The molecule has 0 fully saturated rings. The third kappa shape index (κ3) is 3.37. The molecule has 0 aliphatic heterocycles. The summed E-state index contributed by atoms with van der Waals surface area (Å²) >= 11 is 0. The van der Waals surface area contributed by atoms with Gasteiger partial charge in [-0.2, -0.15) is 0 Å². The van der Waals surface area contributed by atoms with Gasteiger partial charge in [-0.25, -0.2) is 0 Å². The maximum Gasteiger partial charge on any atom is 0.253 e. The number of nitrogens with zero attached hydrogens (tertiary/aromatic N) is 1. The van der Waals surface area contributed by atoms with Crippen LogP contribution in [0.5, 0.6) is 0 Å². The Labute approximate surface area is 132 Å². The number of rotatable bonds is 5. The summed E-state index contributed by atoms with van der Waals surface area (Å²) in [4.78, 5) is 31.0. The van der Waals surface area contributed by atoms with Crippen molar-refractivity contribution in [2.75, 3.05) is 13.1 Å². The zero-order valence-electron chi connectivity index (χ0n) is 12.4. The lowest BCUT2D eigenvalue weighted by Gasteiger charge is -2.06. The number of hydrogen-bond acceptors (Lipinski definition) is 3. The number of para-hydroxylation sites is 1. The highest BCUT2D eigenvalue weighted by molar-refractivity contribution is 6.06. The van der Waals surface area contributed by atoms with E-state index in [9.17, 15) is 9.59 Å². The molecule has 3 N–H and O–H groups in total. The molecule has 0 bridgehead atoms. The molecule has 2 heterocycles. The highest BCUT2D eigenvalue weighted by Crippen LogP contribution is 2.17. The fourth-order valence-corrected chi connectivity index (χ4v) is 2.31. The number of amides is 2. The Morgan fingerprint density at radius 1 is 1.00 bits per heavy atom. The van der Waals surface area contributed by atoms with Gasteiger partial charge in [0, 0.05) is 42.6 Å². The molecule has 3 rings (SSSR count). The lowest BCUT2D eigenvalue weighted by molar-refractivity contribution is 0.0928. The van der Waals surface area contributed by atoms with Crippen molar-refractivity contribution in [1.29, 1.82) is 0 Å². The van der Waals surface area contributed by atoms with Gasteiger partial charge in [-0.3, -0.25) is 14.6 Å². The largest absolute Gasteiger partial charge is 0.360 e. The zero-order valence-corrected chi connectivity index (χ0v) is 12.4. The molecule has 2 aromatic heterocycles. The number of pyridine rings is 1. The fraction of sp³-hybridized carbons (Fsp3) is 0.118. The molecule has 0 aliphatic rings. The topological polar surface area (TPSA) is 86.9 Å². The molecule has 0 saturated carbocycles. The third-order valence-corrected chi connectivity index (χ3v) is 3.45. The van der Waals surface area contributed by atoms with E-state index in [1.807, 2.05) is 24.3 Å². The van der Waals surface area contributed by atoms with E-state index in [4.69, 9.17) is 0 Å². The molecule has 1 aromatic carbocycles. The first-order valence-corrected chi connectivity index (χ1v) is 7.28. The van der Waals surface area contributed by atoms with Gasteiger partial charge in [0.05, 0.1) is 11.1 Å². The Hall–Kier alpha value is -3.15. The maximum absolute atomic E-state index is 12.2. The summed E-state index contributed by atoms with van der Waals surface area (Å²) in [7, 11) is 0. The zero-order chi connectivity index (χ0) is 16.1. The molecule has 23 heavy (non-hydrogen) atoms. The quantitative estimate of drug-likeness (QED) is 0.627. The van der Waals surface area contributed by atoms with E-state index in [0.717, 1.165) is 10.9 Å². The Balaban J connectivity index is 1.51. The number of aromatic nitrogens is 2. The van der Waals surface area contributed by atoms with Crippen molar-refractivity contribution in [2.24, 2.45) is 0 Å². The van der Waals surface area contributed by atoms with E-state index in [1.54, 1.807) is 24.5 Å². The van der Waals surface area contributed by atoms with Crippen molar-refractivity contribution in [2.45, 2.75) is 0 Å². The summed E-state index contributed by atoms with van der Waals surface area (Å²) in [5.74, 6) is -0.377. The molecule has 0 unspecified atom stereocenters. The molecule has 3 aromatic rings. The number of nitrogens with one attached hydrogen (secondary N) is 3. The minimum atomic E-state index is -0.209. The van der Waals surface area contributed by atoms with Gasteiger partial charge in [0.2, 0.25) is 0 Å². The van der Waals surface area contributed by atoms with Gasteiger partial charge in [0.25, 0.3) is 11.8 Å². The second-order valence-corrected chi connectivity index (χ2v) is 5.00. The van der Waals surface area contributed by atoms with E-state index in [2.05, 4.69) is 20.6 Å². The SMILES string of the molecule is O=C(NCCNC(=O)c1c[nH]c2ccccc12)c1cccnc1. The first-order valence-electron chi connectivity index (χ1n) is 7.28. The normalized spacial score (nSPS) is 10.4. The van der Waals surface area contributed by atoms with Gasteiger partial charge >= 0.3 is 0 Å². The van der Waals surface area contributed by atoms with E-state index in [-0.39, 0.29) is 11.8 Å². The standard InChI is InChI=1S/C17H16N4O2/c22-16(12-4-3-7-18-10-12)19-8-9-20-17(23)14-11-21-15-6-2-1-5-13(14)15/h1-7,10-11,21H,8-9H2,(H,19,22)(H,20,23). The number of hydrogen-bond donors (Lipinski definition) is 3. The third-order valence-electron chi connectivity index (χ3n) is 3.45. The van der Waals surface area contributed by atoms with E-state index in [1.165, 1.54) is 6.20 Å². The molecule has 6 nitrogen and oxygen atoms in total. The molecule has 116 valence electrons. The van der Waals surface area contributed by atoms with Gasteiger partial charge < -0.3 is 15.6 Å². The molecule has 2 amide bonds. The predicted molar refractivity (Wildman–Crippen MR) is 87.2 cm³/mol. The van der Waals surface area contributed by atoms with E-state index in [0.29, 0.717) is 24.2 Å². The second kappa shape index (κ2) is 6.74. The van der Waals surface area contributed by atoms with Crippen molar-refractivity contribution in [1.82, 2.24) is 20.6 Å². The molecule has 0 aliphatic carbocycles. The molecule has 0 atom stereocenters. The smallest absolute Gasteiger partial charge is 0.253 e. The van der Waals surface area contributed by atoms with Crippen LogP contribution in [-0.4, -0.2) is 34.9 Å². The van der Waals surface area contributed by atoms with Crippen molar-refractivity contribution in [3.63, 3.8) is 0 Å². The first-order chi connectivity index (χ1) is 11.3. The van der Waals surface area contributed by atoms with Crippen LogP contribution in [0, 0.1) is 0 Å². The minimum absolute atomic E-state index is 0.168. The monoisotopic (exact) mass is 308 g/mol. The van der Waals surface area contributed by atoms with Gasteiger partial charge in [-0.1, -0.05) is 18.2 Å². The highest BCUT2D eigenvalue weighted by Gasteiger charge is 2.11. The van der Waals surface area contributed by atoms with Crippen molar-refractivity contribution in [3.8, 4) is 0 Å². The van der Waals surface area contributed by atoms with Crippen LogP contribution in [0.1, 0.15) is 20.7 Å². The lowest BCUT2D eigenvalue weighted by atomic mass is 10.1. The van der Waals surface area contributed by atoms with Crippen LogP contribution in [0.4, 0.5) is 0 Å².